The van der Waals surface area contributed by atoms with Crippen molar-refractivity contribution in [1.29, 1.82) is 0 Å². The monoisotopic (exact) mass is 642 g/mol. The smallest absolute Gasteiger partial charge is 0.303 e. The molecule has 0 unspecified atom stereocenters. The fourth-order valence-electron chi connectivity index (χ4n) is 5.41. The Labute approximate surface area is 268 Å². The van der Waals surface area contributed by atoms with Gasteiger partial charge in [0.25, 0.3) is 5.91 Å². The number of amides is 1. The van der Waals surface area contributed by atoms with Gasteiger partial charge in [0, 0.05) is 30.8 Å². The number of anilines is 3. The molecule has 0 saturated carbocycles. The van der Waals surface area contributed by atoms with Crippen LogP contribution in [0.5, 0.6) is 0 Å². The van der Waals surface area contributed by atoms with Crippen molar-refractivity contribution in [2.24, 2.45) is 0 Å². The number of rotatable bonds is 12. The maximum absolute atomic E-state index is 14.1. The number of sulfonamides is 1. The van der Waals surface area contributed by atoms with E-state index in [9.17, 15) is 27.5 Å². The van der Waals surface area contributed by atoms with Crippen LogP contribution in [0.25, 0.3) is 22.4 Å². The minimum absolute atomic E-state index is 0.0109. The molecular formula is C35H35FN4O5S. The highest BCUT2D eigenvalue weighted by Gasteiger charge is 2.29. The summed E-state index contributed by atoms with van der Waals surface area (Å²) in [5.41, 5.74) is 6.02. The summed E-state index contributed by atoms with van der Waals surface area (Å²) in [6.45, 7) is 0.816. The van der Waals surface area contributed by atoms with E-state index in [-0.39, 0.29) is 13.0 Å². The summed E-state index contributed by atoms with van der Waals surface area (Å²) in [4.78, 5) is 26.6. The predicted molar refractivity (Wildman–Crippen MR) is 180 cm³/mol. The molecule has 1 aliphatic heterocycles. The Bertz CT molecular complexity index is 1920. The lowest BCUT2D eigenvalue weighted by molar-refractivity contribution is -0.137. The van der Waals surface area contributed by atoms with Crippen LogP contribution in [0.15, 0.2) is 91.0 Å². The molecule has 1 aliphatic rings. The average Bonchev–Trinajstić information content (AvgIpc) is 3.33. The second-order valence-corrected chi connectivity index (χ2v) is 13.2. The third-order valence-electron chi connectivity index (χ3n) is 7.64. The number of hydrogen-bond donors (Lipinski definition) is 3. The number of benzene rings is 4. The highest BCUT2D eigenvalue weighted by Crippen LogP contribution is 2.39. The van der Waals surface area contributed by atoms with Crippen LogP contribution in [0.1, 0.15) is 23.1 Å². The predicted octanol–water partition coefficient (Wildman–Crippen LogP) is 5.77. The Balaban J connectivity index is 1.59. The zero-order chi connectivity index (χ0) is 33.0. The van der Waals surface area contributed by atoms with Crippen LogP contribution in [0.3, 0.4) is 0 Å². The lowest BCUT2D eigenvalue weighted by Crippen LogP contribution is -2.35. The number of carboxylic acid groups (broad SMARTS) is 1. The van der Waals surface area contributed by atoms with Crippen molar-refractivity contribution >= 4 is 50.2 Å². The highest BCUT2D eigenvalue weighted by molar-refractivity contribution is 7.92. The van der Waals surface area contributed by atoms with E-state index < -0.39 is 27.7 Å². The first-order valence-electron chi connectivity index (χ1n) is 14.7. The topological polar surface area (TPSA) is 119 Å². The molecule has 46 heavy (non-hydrogen) atoms. The van der Waals surface area contributed by atoms with Gasteiger partial charge in [-0.3, -0.25) is 13.9 Å². The largest absolute Gasteiger partial charge is 0.481 e. The standard InChI is InChI=1S/C35H35FN4O5S/c1-39(2)19-20-40(46(3,44)45)28-15-13-27(14-16-28)37-34(33-30-17-12-26(36)22-31(30)38-35(33)43)25-9-6-8-24(21-25)29-10-5-4-7-23(29)11-18-32(41)42/h4-10,12-17,21-22,37H,11,18-20H2,1-3H3,(H,38,43)(H,41,42). The molecule has 0 aromatic heterocycles. The fourth-order valence-corrected chi connectivity index (χ4v) is 6.33. The molecule has 238 valence electrons. The van der Waals surface area contributed by atoms with Crippen molar-refractivity contribution in [2.45, 2.75) is 12.8 Å². The SMILES string of the molecule is CN(C)CCN(c1ccc(NC(=C2C(=O)Nc3cc(F)ccc32)c2cccc(-c3ccccc3CCC(=O)O)c2)cc1)S(C)(=O)=O. The molecule has 11 heteroatoms. The normalized spacial score (nSPS) is 13.7. The first-order valence-corrected chi connectivity index (χ1v) is 16.5. The molecule has 4 aromatic carbocycles. The molecule has 1 heterocycles. The summed E-state index contributed by atoms with van der Waals surface area (Å²) in [5.74, 6) is -1.76. The maximum atomic E-state index is 14.1. The summed E-state index contributed by atoms with van der Waals surface area (Å²) in [5, 5.41) is 15.4. The Hall–Kier alpha value is -5.00. The number of nitrogens with zero attached hydrogens (tertiary/aromatic N) is 2. The molecule has 9 nitrogen and oxygen atoms in total. The van der Waals surface area contributed by atoms with Crippen LogP contribution in [-0.2, 0) is 26.0 Å². The quantitative estimate of drug-likeness (QED) is 0.168. The molecular weight excluding hydrogens is 607 g/mol. The number of aliphatic carboxylic acids is 1. The van der Waals surface area contributed by atoms with Crippen LogP contribution < -0.4 is 14.9 Å². The summed E-state index contributed by atoms with van der Waals surface area (Å²) < 4.78 is 40.6. The molecule has 0 fully saturated rings. The molecule has 0 atom stereocenters. The van der Waals surface area contributed by atoms with E-state index in [1.807, 2.05) is 67.5 Å². The lowest BCUT2D eigenvalue weighted by Gasteiger charge is -2.24. The number of aryl methyl sites for hydroxylation is 1. The van der Waals surface area contributed by atoms with Crippen molar-refractivity contribution in [3.63, 3.8) is 0 Å². The van der Waals surface area contributed by atoms with Crippen molar-refractivity contribution in [1.82, 2.24) is 4.90 Å². The van der Waals surface area contributed by atoms with E-state index in [1.54, 1.807) is 30.3 Å². The van der Waals surface area contributed by atoms with Gasteiger partial charge in [0.2, 0.25) is 10.0 Å². The number of nitrogens with one attached hydrogen (secondary N) is 2. The lowest BCUT2D eigenvalue weighted by atomic mass is 9.93. The molecule has 0 radical (unpaired) electrons. The Kier molecular flexibility index (Phi) is 9.54. The summed E-state index contributed by atoms with van der Waals surface area (Å²) >= 11 is 0. The number of halogens is 1. The van der Waals surface area contributed by atoms with Gasteiger partial charge >= 0.3 is 5.97 Å². The summed E-state index contributed by atoms with van der Waals surface area (Å²) in [6.07, 6.45) is 1.51. The van der Waals surface area contributed by atoms with Gasteiger partial charge in [-0.2, -0.15) is 0 Å². The third kappa shape index (κ3) is 7.44. The van der Waals surface area contributed by atoms with Crippen LogP contribution in [0.4, 0.5) is 21.5 Å². The molecule has 0 spiro atoms. The Morgan fingerprint density at radius 1 is 0.913 bits per heavy atom. The van der Waals surface area contributed by atoms with Gasteiger partial charge in [-0.15, -0.1) is 0 Å². The first-order chi connectivity index (χ1) is 21.9. The zero-order valence-corrected chi connectivity index (χ0v) is 26.6. The molecule has 3 N–H and O–H groups in total. The Morgan fingerprint density at radius 3 is 2.35 bits per heavy atom. The third-order valence-corrected chi connectivity index (χ3v) is 8.83. The van der Waals surface area contributed by atoms with E-state index in [0.717, 1.165) is 16.7 Å². The number of fused-ring (bicyclic) bond motifs is 1. The second-order valence-electron chi connectivity index (χ2n) is 11.3. The second kappa shape index (κ2) is 13.6. The molecule has 4 aromatic rings. The number of carbonyl (C=O) groups is 2. The van der Waals surface area contributed by atoms with Gasteiger partial charge in [-0.25, -0.2) is 12.8 Å². The van der Waals surface area contributed by atoms with E-state index in [2.05, 4.69) is 10.6 Å². The number of carbonyl (C=O) groups excluding carboxylic acids is 1. The van der Waals surface area contributed by atoms with Crippen LogP contribution >= 0.6 is 0 Å². The molecule has 0 aliphatic carbocycles. The van der Waals surface area contributed by atoms with Crippen LogP contribution in [-0.4, -0.2) is 63.7 Å². The molecule has 0 saturated heterocycles. The van der Waals surface area contributed by atoms with E-state index in [4.69, 9.17) is 0 Å². The molecule has 1 amide bonds. The zero-order valence-electron chi connectivity index (χ0n) is 25.7. The first kappa shape index (κ1) is 32.4. The van der Waals surface area contributed by atoms with Gasteiger partial charge < -0.3 is 20.6 Å². The van der Waals surface area contributed by atoms with Gasteiger partial charge in [-0.05, 0) is 91.3 Å². The number of carboxylic acids is 1. The van der Waals surface area contributed by atoms with Crippen molar-refractivity contribution in [3.8, 4) is 11.1 Å². The summed E-state index contributed by atoms with van der Waals surface area (Å²) in [7, 11) is 0.213. The minimum Gasteiger partial charge on any atom is -0.481 e. The van der Waals surface area contributed by atoms with E-state index in [1.165, 1.54) is 22.7 Å². The Morgan fingerprint density at radius 2 is 1.65 bits per heavy atom. The summed E-state index contributed by atoms with van der Waals surface area (Å²) in [6, 6.07) is 26.2. The van der Waals surface area contributed by atoms with Crippen molar-refractivity contribution in [3.05, 3.63) is 114 Å². The molecule has 5 rings (SSSR count). The fraction of sp³-hybridized carbons (Fsp3) is 0.200. The van der Waals surface area contributed by atoms with Crippen LogP contribution in [0.2, 0.25) is 0 Å². The van der Waals surface area contributed by atoms with E-state index >= 15 is 0 Å². The average molecular weight is 643 g/mol. The van der Waals surface area contributed by atoms with Crippen LogP contribution in [0, 0.1) is 5.82 Å². The van der Waals surface area contributed by atoms with Gasteiger partial charge in [0.05, 0.1) is 28.9 Å². The van der Waals surface area contributed by atoms with Crippen molar-refractivity contribution < 1.29 is 27.5 Å². The number of likely N-dealkylation sites (N-methyl/N-ethyl adjacent to an activating group) is 1. The highest BCUT2D eigenvalue weighted by atomic mass is 32.2. The van der Waals surface area contributed by atoms with Gasteiger partial charge in [0.1, 0.15) is 5.82 Å². The van der Waals surface area contributed by atoms with E-state index in [0.29, 0.717) is 52.4 Å². The van der Waals surface area contributed by atoms with Crippen molar-refractivity contribution in [2.75, 3.05) is 48.4 Å². The minimum atomic E-state index is -3.53. The van der Waals surface area contributed by atoms with Gasteiger partial charge in [0.15, 0.2) is 0 Å². The maximum Gasteiger partial charge on any atom is 0.303 e. The van der Waals surface area contributed by atoms with Gasteiger partial charge in [-0.1, -0.05) is 42.5 Å². The number of hydrogen-bond acceptors (Lipinski definition) is 6. The molecule has 0 bridgehead atoms.